The number of nitrogens with zero attached hydrogens (tertiary/aromatic N) is 3. The predicted octanol–water partition coefficient (Wildman–Crippen LogP) is 2.17. The Morgan fingerprint density at radius 2 is 1.82 bits per heavy atom. The average molecular weight is 422 g/mol. The van der Waals surface area contributed by atoms with E-state index < -0.39 is 0 Å². The highest BCUT2D eigenvalue weighted by Gasteiger charge is 2.35. The van der Waals surface area contributed by atoms with Crippen molar-refractivity contribution in [1.29, 1.82) is 0 Å². The molecule has 1 saturated carbocycles. The van der Waals surface area contributed by atoms with Crippen LogP contribution in [-0.2, 0) is 4.79 Å². The zero-order valence-electron chi connectivity index (χ0n) is 14.2. The maximum Gasteiger partial charge on any atom is 0.243 e. The van der Waals surface area contributed by atoms with Crippen LogP contribution in [0.4, 0.5) is 0 Å². The van der Waals surface area contributed by atoms with Crippen molar-refractivity contribution in [2.45, 2.75) is 39.0 Å². The Bertz CT molecular complexity index is 372. The number of nitrogens with one attached hydrogen (secondary N) is 1. The van der Waals surface area contributed by atoms with Gasteiger partial charge >= 0.3 is 0 Å². The van der Waals surface area contributed by atoms with Crippen LogP contribution in [-0.4, -0.2) is 61.9 Å². The SMILES string of the molecule is CCCNC(=NCC(=O)N(C)C)N1CC2CCCCC2C1.I. The van der Waals surface area contributed by atoms with Crippen LogP contribution in [0.1, 0.15) is 39.0 Å². The van der Waals surface area contributed by atoms with Crippen molar-refractivity contribution in [2.75, 3.05) is 40.3 Å². The van der Waals surface area contributed by atoms with Crippen molar-refractivity contribution in [3.05, 3.63) is 0 Å². The molecule has 1 heterocycles. The first-order valence-electron chi connectivity index (χ1n) is 8.35. The van der Waals surface area contributed by atoms with E-state index in [4.69, 9.17) is 0 Å². The summed E-state index contributed by atoms with van der Waals surface area (Å²) in [6, 6.07) is 0. The Morgan fingerprint density at radius 1 is 1.23 bits per heavy atom. The van der Waals surface area contributed by atoms with Gasteiger partial charge in [-0.25, -0.2) is 4.99 Å². The van der Waals surface area contributed by atoms with Gasteiger partial charge in [0.15, 0.2) is 5.96 Å². The first kappa shape index (κ1) is 19.5. The van der Waals surface area contributed by atoms with E-state index in [0.717, 1.165) is 43.9 Å². The molecular formula is C16H31IN4O. The monoisotopic (exact) mass is 422 g/mol. The van der Waals surface area contributed by atoms with E-state index in [1.54, 1.807) is 19.0 Å². The summed E-state index contributed by atoms with van der Waals surface area (Å²) in [5, 5.41) is 3.42. The van der Waals surface area contributed by atoms with Gasteiger partial charge in [-0.2, -0.15) is 0 Å². The first-order chi connectivity index (χ1) is 10.1. The van der Waals surface area contributed by atoms with Crippen molar-refractivity contribution < 1.29 is 4.79 Å². The van der Waals surface area contributed by atoms with Crippen LogP contribution in [0.15, 0.2) is 4.99 Å². The molecule has 2 rings (SSSR count). The maximum absolute atomic E-state index is 11.8. The molecule has 2 unspecified atom stereocenters. The average Bonchev–Trinajstić information content (AvgIpc) is 2.90. The Hall–Kier alpha value is -0.530. The number of rotatable bonds is 4. The van der Waals surface area contributed by atoms with Crippen LogP contribution in [0.2, 0.25) is 0 Å². The smallest absolute Gasteiger partial charge is 0.243 e. The van der Waals surface area contributed by atoms with Gasteiger partial charge in [-0.05, 0) is 31.1 Å². The van der Waals surface area contributed by atoms with Gasteiger partial charge in [-0.3, -0.25) is 4.79 Å². The lowest BCUT2D eigenvalue weighted by atomic mass is 9.82. The molecule has 2 fully saturated rings. The molecule has 0 bridgehead atoms. The molecular weight excluding hydrogens is 391 g/mol. The maximum atomic E-state index is 11.8. The van der Waals surface area contributed by atoms with E-state index in [1.165, 1.54) is 25.7 Å². The molecule has 0 aromatic heterocycles. The predicted molar refractivity (Wildman–Crippen MR) is 102 cm³/mol. The molecule has 1 N–H and O–H groups in total. The molecule has 1 saturated heterocycles. The summed E-state index contributed by atoms with van der Waals surface area (Å²) in [6.45, 7) is 5.53. The van der Waals surface area contributed by atoms with Crippen molar-refractivity contribution in [3.8, 4) is 0 Å². The second-order valence-corrected chi connectivity index (χ2v) is 6.56. The molecule has 5 nitrogen and oxygen atoms in total. The standard InChI is InChI=1S/C16H30N4O.HI/c1-4-9-17-16(18-10-15(21)19(2)3)20-11-13-7-5-6-8-14(13)12-20;/h13-14H,4-12H2,1-3H3,(H,17,18);1H. The van der Waals surface area contributed by atoms with Crippen LogP contribution < -0.4 is 5.32 Å². The van der Waals surface area contributed by atoms with E-state index in [1.807, 2.05) is 0 Å². The first-order valence-corrected chi connectivity index (χ1v) is 8.35. The molecule has 0 aromatic rings. The van der Waals surface area contributed by atoms with Crippen molar-refractivity contribution in [3.63, 3.8) is 0 Å². The number of carbonyl (C=O) groups is 1. The van der Waals surface area contributed by atoms with E-state index in [9.17, 15) is 4.79 Å². The topological polar surface area (TPSA) is 47.9 Å². The highest BCUT2D eigenvalue weighted by molar-refractivity contribution is 14.0. The fraction of sp³-hybridized carbons (Fsp3) is 0.875. The Kier molecular flexibility index (Phi) is 8.49. The number of carbonyl (C=O) groups excluding carboxylic acids is 1. The van der Waals surface area contributed by atoms with E-state index in [2.05, 4.69) is 22.1 Å². The number of amides is 1. The van der Waals surface area contributed by atoms with Gasteiger partial charge in [0.25, 0.3) is 0 Å². The molecule has 6 heteroatoms. The molecule has 0 spiro atoms. The summed E-state index contributed by atoms with van der Waals surface area (Å²) >= 11 is 0. The lowest BCUT2D eigenvalue weighted by molar-refractivity contribution is -0.127. The molecule has 1 aliphatic carbocycles. The summed E-state index contributed by atoms with van der Waals surface area (Å²) < 4.78 is 0. The molecule has 128 valence electrons. The molecule has 0 radical (unpaired) electrons. The van der Waals surface area contributed by atoms with Gasteiger partial charge in [0.2, 0.25) is 5.91 Å². The molecule has 0 aromatic carbocycles. The quantitative estimate of drug-likeness (QED) is 0.429. The van der Waals surface area contributed by atoms with Gasteiger partial charge in [0.05, 0.1) is 0 Å². The molecule has 22 heavy (non-hydrogen) atoms. The number of hydrogen-bond acceptors (Lipinski definition) is 2. The van der Waals surface area contributed by atoms with Crippen LogP contribution >= 0.6 is 24.0 Å². The Morgan fingerprint density at radius 3 is 2.32 bits per heavy atom. The minimum Gasteiger partial charge on any atom is -0.356 e. The largest absolute Gasteiger partial charge is 0.356 e. The lowest BCUT2D eigenvalue weighted by Crippen LogP contribution is -2.41. The number of aliphatic imine (C=N–C) groups is 1. The van der Waals surface area contributed by atoms with Crippen LogP contribution in [0, 0.1) is 11.8 Å². The van der Waals surface area contributed by atoms with Gasteiger partial charge < -0.3 is 15.1 Å². The number of likely N-dealkylation sites (N-methyl/N-ethyl adjacent to an activating group) is 1. The minimum absolute atomic E-state index is 0. The van der Waals surface area contributed by atoms with E-state index >= 15 is 0 Å². The third kappa shape index (κ3) is 5.28. The number of fused-ring (bicyclic) bond motifs is 1. The zero-order chi connectivity index (χ0) is 15.2. The third-order valence-corrected chi connectivity index (χ3v) is 4.67. The number of likely N-dealkylation sites (tertiary alicyclic amines) is 1. The summed E-state index contributed by atoms with van der Waals surface area (Å²) in [7, 11) is 3.56. The van der Waals surface area contributed by atoms with Gasteiger partial charge in [-0.15, -0.1) is 24.0 Å². The fourth-order valence-corrected chi connectivity index (χ4v) is 3.37. The second-order valence-electron chi connectivity index (χ2n) is 6.56. The normalized spacial score (nSPS) is 24.5. The molecule has 2 aliphatic rings. The minimum atomic E-state index is 0. The van der Waals surface area contributed by atoms with Crippen LogP contribution in [0.5, 0.6) is 0 Å². The Balaban J connectivity index is 0.00000242. The molecule has 1 amide bonds. The molecule has 2 atom stereocenters. The van der Waals surface area contributed by atoms with Crippen LogP contribution in [0.25, 0.3) is 0 Å². The second kappa shape index (κ2) is 9.57. The highest BCUT2D eigenvalue weighted by Crippen LogP contribution is 2.35. The lowest BCUT2D eigenvalue weighted by Gasteiger charge is -2.22. The highest BCUT2D eigenvalue weighted by atomic mass is 127. The number of halogens is 1. The van der Waals surface area contributed by atoms with E-state index in [0.29, 0.717) is 0 Å². The number of hydrogen-bond donors (Lipinski definition) is 1. The zero-order valence-corrected chi connectivity index (χ0v) is 16.5. The fourth-order valence-electron chi connectivity index (χ4n) is 3.37. The van der Waals surface area contributed by atoms with Gasteiger partial charge in [0, 0.05) is 33.7 Å². The van der Waals surface area contributed by atoms with E-state index in [-0.39, 0.29) is 36.4 Å². The summed E-state index contributed by atoms with van der Waals surface area (Å²) in [5.74, 6) is 2.65. The van der Waals surface area contributed by atoms with Crippen molar-refractivity contribution in [1.82, 2.24) is 15.1 Å². The Labute approximate surface area is 151 Å². The molecule has 1 aliphatic heterocycles. The van der Waals surface area contributed by atoms with Crippen LogP contribution in [0.3, 0.4) is 0 Å². The van der Waals surface area contributed by atoms with Gasteiger partial charge in [0.1, 0.15) is 6.54 Å². The summed E-state index contributed by atoms with van der Waals surface area (Å²) in [6.07, 6.45) is 6.55. The van der Waals surface area contributed by atoms with Crippen molar-refractivity contribution >= 4 is 35.8 Å². The summed E-state index contributed by atoms with van der Waals surface area (Å²) in [5.41, 5.74) is 0. The van der Waals surface area contributed by atoms with Crippen molar-refractivity contribution in [2.24, 2.45) is 16.8 Å². The number of guanidine groups is 1. The third-order valence-electron chi connectivity index (χ3n) is 4.67. The van der Waals surface area contributed by atoms with Gasteiger partial charge in [-0.1, -0.05) is 19.8 Å². The summed E-state index contributed by atoms with van der Waals surface area (Å²) in [4.78, 5) is 20.3.